The zero-order valence-electron chi connectivity index (χ0n) is 15.7. The van der Waals surface area contributed by atoms with E-state index in [1.54, 1.807) is 25.3 Å². The van der Waals surface area contributed by atoms with Crippen LogP contribution in [0.5, 0.6) is 11.5 Å². The Morgan fingerprint density at radius 3 is 2.83 bits per heavy atom. The largest absolute Gasteiger partial charge is 0.493 e. The second-order valence-electron chi connectivity index (χ2n) is 5.63. The van der Waals surface area contributed by atoms with Crippen molar-refractivity contribution in [2.75, 3.05) is 34.0 Å². The van der Waals surface area contributed by atoms with E-state index in [0.29, 0.717) is 30.3 Å². The maximum absolute atomic E-state index is 11.8. The zero-order chi connectivity index (χ0) is 20.6. The smallest absolute Gasteiger partial charge is 0.331 e. The Bertz CT molecular complexity index is 863. The van der Waals surface area contributed by atoms with Crippen LogP contribution in [0.25, 0.3) is 0 Å². The minimum absolute atomic E-state index is 0.183. The van der Waals surface area contributed by atoms with Gasteiger partial charge in [0.2, 0.25) is 0 Å². The summed E-state index contributed by atoms with van der Waals surface area (Å²) < 4.78 is 26.2. The number of esters is 1. The number of amidine groups is 1. The third-order valence-electron chi connectivity index (χ3n) is 3.71. The number of hydrogen-bond acceptors (Lipinski definition) is 10. The molecule has 3 rings (SSSR count). The minimum Gasteiger partial charge on any atom is -0.493 e. The van der Waals surface area contributed by atoms with Crippen molar-refractivity contribution in [3.05, 3.63) is 34.7 Å². The number of carbonyl (C=O) groups is 2. The summed E-state index contributed by atoms with van der Waals surface area (Å²) in [6.07, 6.45) is 2.19. The molecule has 1 aromatic carbocycles. The van der Waals surface area contributed by atoms with Crippen molar-refractivity contribution < 1.29 is 33.3 Å². The first-order valence-electron chi connectivity index (χ1n) is 8.53. The lowest BCUT2D eigenvalue weighted by Gasteiger charge is -2.14. The normalized spacial score (nSPS) is 19.9. The standard InChI is InChI=1S/C18H19N3O7S/c1-24-12-4-3-11(7-13(12)28-10-16-26-5-6-27-16)9-19-21-18-20-17(23)14(29-18)8-15(22)25-2/h3-4,7-9,16H,5-6,10H2,1-2H3,(H,20,21,23)/b14-8+,19-9?. The Hall–Kier alpha value is -2.89. The number of nitrogens with one attached hydrogen (secondary N) is 1. The number of benzene rings is 1. The van der Waals surface area contributed by atoms with Gasteiger partial charge in [0.1, 0.15) is 6.61 Å². The summed E-state index contributed by atoms with van der Waals surface area (Å²) in [7, 11) is 2.78. The van der Waals surface area contributed by atoms with Gasteiger partial charge in [-0.1, -0.05) is 0 Å². The molecule has 2 aliphatic rings. The zero-order valence-corrected chi connectivity index (χ0v) is 16.6. The van der Waals surface area contributed by atoms with Gasteiger partial charge in [0.25, 0.3) is 5.91 Å². The van der Waals surface area contributed by atoms with Crippen LogP contribution in [0.3, 0.4) is 0 Å². The Labute approximate surface area is 170 Å². The second-order valence-corrected chi connectivity index (χ2v) is 6.66. The van der Waals surface area contributed by atoms with E-state index in [9.17, 15) is 9.59 Å². The van der Waals surface area contributed by atoms with E-state index in [0.717, 1.165) is 17.8 Å². The molecule has 0 spiro atoms. The molecule has 0 bridgehead atoms. The van der Waals surface area contributed by atoms with E-state index >= 15 is 0 Å². The molecule has 1 amide bonds. The number of thioether (sulfide) groups is 1. The molecule has 0 radical (unpaired) electrons. The fraction of sp³-hybridized carbons (Fsp3) is 0.333. The first kappa shape index (κ1) is 20.8. The Kier molecular flexibility index (Phi) is 7.22. The van der Waals surface area contributed by atoms with Crippen LogP contribution in [-0.4, -0.2) is 63.6 Å². The van der Waals surface area contributed by atoms with Crippen LogP contribution in [0.1, 0.15) is 5.56 Å². The first-order chi connectivity index (χ1) is 14.1. The molecule has 0 saturated carbocycles. The highest BCUT2D eigenvalue weighted by Gasteiger charge is 2.25. The van der Waals surface area contributed by atoms with Gasteiger partial charge >= 0.3 is 5.97 Å². The molecule has 2 aliphatic heterocycles. The van der Waals surface area contributed by atoms with Crippen LogP contribution in [-0.2, 0) is 23.8 Å². The molecule has 154 valence electrons. The number of rotatable bonds is 7. The molecule has 29 heavy (non-hydrogen) atoms. The third kappa shape index (κ3) is 5.79. The van der Waals surface area contributed by atoms with E-state index in [1.165, 1.54) is 13.3 Å². The van der Waals surface area contributed by atoms with Gasteiger partial charge in [0.15, 0.2) is 23.0 Å². The van der Waals surface area contributed by atoms with Crippen molar-refractivity contribution in [2.24, 2.45) is 10.2 Å². The topological polar surface area (TPSA) is 117 Å². The van der Waals surface area contributed by atoms with Gasteiger partial charge in [0.05, 0.1) is 38.6 Å². The molecule has 2 fully saturated rings. The maximum atomic E-state index is 11.8. The molecule has 1 N–H and O–H groups in total. The second kappa shape index (κ2) is 10.0. The summed E-state index contributed by atoms with van der Waals surface area (Å²) in [4.78, 5) is 23.2. The summed E-state index contributed by atoms with van der Waals surface area (Å²) in [6, 6.07) is 5.25. The molecule has 2 saturated heterocycles. The van der Waals surface area contributed by atoms with Gasteiger partial charge < -0.3 is 23.7 Å². The van der Waals surface area contributed by atoms with Crippen LogP contribution in [0.15, 0.2) is 39.4 Å². The van der Waals surface area contributed by atoms with Crippen molar-refractivity contribution in [1.82, 2.24) is 5.32 Å². The first-order valence-corrected chi connectivity index (χ1v) is 9.34. The molecule has 0 atom stereocenters. The fourth-order valence-corrected chi connectivity index (χ4v) is 3.08. The lowest BCUT2D eigenvalue weighted by atomic mass is 10.2. The highest BCUT2D eigenvalue weighted by Crippen LogP contribution is 2.28. The van der Waals surface area contributed by atoms with E-state index < -0.39 is 18.2 Å². The summed E-state index contributed by atoms with van der Waals surface area (Å²) in [5.41, 5.74) is 0.707. The molecule has 2 heterocycles. The molecule has 0 unspecified atom stereocenters. The predicted molar refractivity (Wildman–Crippen MR) is 105 cm³/mol. The average Bonchev–Trinajstić information content (AvgIpc) is 3.36. The fourth-order valence-electron chi connectivity index (χ4n) is 2.34. The lowest BCUT2D eigenvalue weighted by molar-refractivity contribution is -0.135. The van der Waals surface area contributed by atoms with Crippen LogP contribution in [0.4, 0.5) is 0 Å². The Balaban J connectivity index is 1.64. The Morgan fingerprint density at radius 1 is 1.31 bits per heavy atom. The SMILES string of the molecule is COC(=O)/C=C1/S/C(=N\N=Cc2ccc(OC)c(OCC3OCCO3)c2)NC1=O. The van der Waals surface area contributed by atoms with Gasteiger partial charge in [-0.25, -0.2) is 4.79 Å². The minimum atomic E-state index is -0.619. The summed E-state index contributed by atoms with van der Waals surface area (Å²) in [5, 5.41) is 10.7. The number of ether oxygens (including phenoxy) is 5. The number of amides is 1. The van der Waals surface area contributed by atoms with Crippen LogP contribution < -0.4 is 14.8 Å². The predicted octanol–water partition coefficient (Wildman–Crippen LogP) is 1.06. The number of hydrogen-bond donors (Lipinski definition) is 1. The van der Waals surface area contributed by atoms with Gasteiger partial charge in [0, 0.05) is 6.08 Å². The molecule has 10 nitrogen and oxygen atoms in total. The van der Waals surface area contributed by atoms with Crippen LogP contribution >= 0.6 is 11.8 Å². The van der Waals surface area contributed by atoms with Gasteiger partial charge in [-0.2, -0.15) is 5.10 Å². The van der Waals surface area contributed by atoms with Crippen LogP contribution in [0.2, 0.25) is 0 Å². The van der Waals surface area contributed by atoms with E-state index in [-0.39, 0.29) is 16.7 Å². The quantitative estimate of drug-likeness (QED) is 0.301. The van der Waals surface area contributed by atoms with E-state index in [4.69, 9.17) is 18.9 Å². The third-order valence-corrected chi connectivity index (χ3v) is 4.61. The lowest BCUT2D eigenvalue weighted by Crippen LogP contribution is -2.19. The van der Waals surface area contributed by atoms with E-state index in [2.05, 4.69) is 20.3 Å². The van der Waals surface area contributed by atoms with Gasteiger partial charge in [-0.05, 0) is 35.5 Å². The summed E-state index contributed by atoms with van der Waals surface area (Å²) in [6.45, 7) is 1.32. The van der Waals surface area contributed by atoms with E-state index in [1.807, 2.05) is 0 Å². The average molecular weight is 421 g/mol. The van der Waals surface area contributed by atoms with Crippen molar-refractivity contribution in [3.8, 4) is 11.5 Å². The van der Waals surface area contributed by atoms with Crippen molar-refractivity contribution in [1.29, 1.82) is 0 Å². The highest BCUT2D eigenvalue weighted by molar-refractivity contribution is 8.18. The summed E-state index contributed by atoms with van der Waals surface area (Å²) in [5.74, 6) is 0.00936. The Morgan fingerprint density at radius 2 is 2.10 bits per heavy atom. The van der Waals surface area contributed by atoms with Crippen molar-refractivity contribution in [3.63, 3.8) is 0 Å². The molecule has 0 aromatic heterocycles. The summed E-state index contributed by atoms with van der Waals surface area (Å²) >= 11 is 0.992. The highest BCUT2D eigenvalue weighted by atomic mass is 32.2. The number of carbonyl (C=O) groups excluding carboxylic acids is 2. The molecule has 11 heteroatoms. The van der Waals surface area contributed by atoms with Crippen LogP contribution in [0, 0.1) is 0 Å². The monoisotopic (exact) mass is 421 g/mol. The van der Waals surface area contributed by atoms with Crippen molar-refractivity contribution >= 4 is 35.0 Å². The maximum Gasteiger partial charge on any atom is 0.331 e. The van der Waals surface area contributed by atoms with Gasteiger partial charge in [-0.3, -0.25) is 10.1 Å². The number of nitrogens with zero attached hydrogens (tertiary/aromatic N) is 2. The number of methoxy groups -OCH3 is 2. The molecule has 1 aromatic rings. The molecular weight excluding hydrogens is 402 g/mol. The molecular formula is C18H19N3O7S. The molecule has 0 aliphatic carbocycles. The van der Waals surface area contributed by atoms with Gasteiger partial charge in [-0.15, -0.1) is 5.10 Å². The van der Waals surface area contributed by atoms with Crippen molar-refractivity contribution in [2.45, 2.75) is 6.29 Å².